The van der Waals surface area contributed by atoms with Crippen molar-refractivity contribution in [2.75, 3.05) is 26.1 Å². The Kier molecular flexibility index (Phi) is 5.18. The molecule has 108 valence electrons. The van der Waals surface area contributed by atoms with Crippen LogP contribution in [0.25, 0.3) is 0 Å². The fourth-order valence-electron chi connectivity index (χ4n) is 2.32. The summed E-state index contributed by atoms with van der Waals surface area (Å²) in [6.45, 7) is 8.86. The smallest absolute Gasteiger partial charge is 0.232 e. The molecule has 1 aromatic rings. The quantitative estimate of drug-likeness (QED) is 0.826. The monoisotopic (exact) mass is 329 g/mol. The van der Waals surface area contributed by atoms with Crippen molar-refractivity contribution in [1.29, 1.82) is 0 Å². The number of anilines is 1. The first-order valence-electron chi connectivity index (χ1n) is 6.48. The lowest BCUT2D eigenvalue weighted by Gasteiger charge is -2.28. The number of methoxy groups -OCH3 is 1. The molecule has 0 unspecified atom stereocenters. The van der Waals surface area contributed by atoms with Crippen LogP contribution in [0.1, 0.15) is 39.8 Å². The van der Waals surface area contributed by atoms with Gasteiger partial charge in [-0.2, -0.15) is 4.98 Å². The average molecular weight is 330 g/mol. The SMILES string of the molecule is COc1nc(N(C)C)nc(C(C)(C)CC(C)C)c1Br. The zero-order valence-electron chi connectivity index (χ0n) is 12.9. The van der Waals surface area contributed by atoms with Crippen LogP contribution in [0.4, 0.5) is 5.95 Å². The molecule has 0 fully saturated rings. The molecular weight excluding hydrogens is 306 g/mol. The fraction of sp³-hybridized carbons (Fsp3) is 0.714. The molecule has 5 heteroatoms. The lowest BCUT2D eigenvalue weighted by atomic mass is 9.81. The number of aromatic nitrogens is 2. The third-order valence-corrected chi connectivity index (χ3v) is 3.68. The Bertz CT molecular complexity index is 445. The molecule has 0 aromatic carbocycles. The maximum absolute atomic E-state index is 5.35. The van der Waals surface area contributed by atoms with E-state index in [9.17, 15) is 0 Å². The van der Waals surface area contributed by atoms with Crippen molar-refractivity contribution >= 4 is 21.9 Å². The molecule has 0 N–H and O–H groups in total. The zero-order valence-corrected chi connectivity index (χ0v) is 14.5. The Morgan fingerprint density at radius 3 is 2.26 bits per heavy atom. The van der Waals surface area contributed by atoms with E-state index < -0.39 is 0 Å². The molecule has 0 radical (unpaired) electrons. The van der Waals surface area contributed by atoms with Gasteiger partial charge in [-0.1, -0.05) is 27.7 Å². The van der Waals surface area contributed by atoms with E-state index in [2.05, 4.69) is 48.6 Å². The van der Waals surface area contributed by atoms with Gasteiger partial charge in [0.1, 0.15) is 4.47 Å². The molecule has 1 heterocycles. The van der Waals surface area contributed by atoms with E-state index in [1.165, 1.54) is 0 Å². The van der Waals surface area contributed by atoms with Crippen LogP contribution in [0.3, 0.4) is 0 Å². The molecule has 0 aliphatic rings. The summed E-state index contributed by atoms with van der Waals surface area (Å²) in [7, 11) is 5.50. The highest BCUT2D eigenvalue weighted by Crippen LogP contribution is 2.38. The Labute approximate surface area is 124 Å². The third kappa shape index (κ3) is 3.81. The van der Waals surface area contributed by atoms with Gasteiger partial charge in [-0.15, -0.1) is 0 Å². The highest BCUT2D eigenvalue weighted by atomic mass is 79.9. The molecule has 0 spiro atoms. The predicted octanol–water partition coefficient (Wildman–Crippen LogP) is 3.64. The van der Waals surface area contributed by atoms with Gasteiger partial charge in [0.2, 0.25) is 11.8 Å². The van der Waals surface area contributed by atoms with E-state index >= 15 is 0 Å². The summed E-state index contributed by atoms with van der Waals surface area (Å²) in [5.41, 5.74) is 0.963. The summed E-state index contributed by atoms with van der Waals surface area (Å²) in [5, 5.41) is 0. The van der Waals surface area contributed by atoms with E-state index in [4.69, 9.17) is 9.72 Å². The summed E-state index contributed by atoms with van der Waals surface area (Å²) in [6, 6.07) is 0. The number of ether oxygens (including phenoxy) is 1. The van der Waals surface area contributed by atoms with Crippen molar-refractivity contribution in [3.8, 4) is 5.88 Å². The van der Waals surface area contributed by atoms with Crippen LogP contribution >= 0.6 is 15.9 Å². The summed E-state index contributed by atoms with van der Waals surface area (Å²) >= 11 is 3.58. The Hall–Kier alpha value is -0.840. The van der Waals surface area contributed by atoms with Crippen LogP contribution in [-0.2, 0) is 5.41 Å². The second kappa shape index (κ2) is 6.07. The van der Waals surface area contributed by atoms with Gasteiger partial charge < -0.3 is 9.64 Å². The van der Waals surface area contributed by atoms with Gasteiger partial charge in [0.05, 0.1) is 12.8 Å². The molecule has 0 atom stereocenters. The van der Waals surface area contributed by atoms with Crippen molar-refractivity contribution in [2.45, 2.75) is 39.5 Å². The maximum Gasteiger partial charge on any atom is 0.232 e. The van der Waals surface area contributed by atoms with Crippen molar-refractivity contribution < 1.29 is 4.74 Å². The molecule has 1 aromatic heterocycles. The molecule has 1 rings (SSSR count). The second-order valence-electron chi connectivity index (χ2n) is 6.07. The Balaban J connectivity index is 3.36. The van der Waals surface area contributed by atoms with E-state index in [1.807, 2.05) is 19.0 Å². The molecule has 0 saturated carbocycles. The van der Waals surface area contributed by atoms with Gasteiger partial charge in [-0.3, -0.25) is 0 Å². The minimum Gasteiger partial charge on any atom is -0.480 e. The molecule has 0 aliphatic carbocycles. The van der Waals surface area contributed by atoms with Gasteiger partial charge in [-0.25, -0.2) is 4.98 Å². The maximum atomic E-state index is 5.35. The third-order valence-electron chi connectivity index (χ3n) is 2.96. The van der Waals surface area contributed by atoms with Crippen molar-refractivity contribution in [3.63, 3.8) is 0 Å². The zero-order chi connectivity index (χ0) is 14.8. The van der Waals surface area contributed by atoms with E-state index in [0.29, 0.717) is 17.7 Å². The first kappa shape index (κ1) is 16.2. The summed E-state index contributed by atoms with van der Waals surface area (Å²) in [5.74, 6) is 1.86. The average Bonchev–Trinajstić information content (AvgIpc) is 2.26. The lowest BCUT2D eigenvalue weighted by Crippen LogP contribution is -2.24. The van der Waals surface area contributed by atoms with Gasteiger partial charge in [0.15, 0.2) is 0 Å². The molecular formula is C14H24BrN3O. The topological polar surface area (TPSA) is 38.2 Å². The molecule has 0 amide bonds. The van der Waals surface area contributed by atoms with Crippen molar-refractivity contribution in [3.05, 3.63) is 10.2 Å². The first-order valence-corrected chi connectivity index (χ1v) is 7.27. The minimum atomic E-state index is -0.0337. The molecule has 0 aliphatic heterocycles. The van der Waals surface area contributed by atoms with E-state index in [0.717, 1.165) is 16.6 Å². The summed E-state index contributed by atoms with van der Waals surface area (Å²) in [4.78, 5) is 11.0. The van der Waals surface area contributed by atoms with Gasteiger partial charge in [-0.05, 0) is 28.3 Å². The molecule has 4 nitrogen and oxygen atoms in total. The largest absolute Gasteiger partial charge is 0.480 e. The predicted molar refractivity (Wildman–Crippen MR) is 83.1 cm³/mol. The van der Waals surface area contributed by atoms with Gasteiger partial charge >= 0.3 is 0 Å². The Morgan fingerprint density at radius 2 is 1.84 bits per heavy atom. The van der Waals surface area contributed by atoms with Crippen LogP contribution in [0.15, 0.2) is 4.47 Å². The number of nitrogens with zero attached hydrogens (tertiary/aromatic N) is 3. The van der Waals surface area contributed by atoms with Crippen LogP contribution in [0.5, 0.6) is 5.88 Å². The highest BCUT2D eigenvalue weighted by Gasteiger charge is 2.29. The van der Waals surface area contributed by atoms with Crippen molar-refractivity contribution in [1.82, 2.24) is 9.97 Å². The number of hydrogen-bond acceptors (Lipinski definition) is 4. The van der Waals surface area contributed by atoms with Crippen molar-refractivity contribution in [2.24, 2.45) is 5.92 Å². The fourth-order valence-corrected chi connectivity index (χ4v) is 3.19. The van der Waals surface area contributed by atoms with Gasteiger partial charge in [0, 0.05) is 19.5 Å². The minimum absolute atomic E-state index is 0.0337. The van der Waals surface area contributed by atoms with Crippen LogP contribution in [-0.4, -0.2) is 31.2 Å². The standard InChI is InChI=1S/C14H24BrN3O/c1-9(2)8-14(3,4)11-10(15)12(19-7)17-13(16-11)18(5)6/h9H,8H2,1-7H3. The lowest BCUT2D eigenvalue weighted by molar-refractivity contribution is 0.370. The highest BCUT2D eigenvalue weighted by molar-refractivity contribution is 9.10. The van der Waals surface area contributed by atoms with E-state index in [-0.39, 0.29) is 5.41 Å². The number of halogens is 1. The summed E-state index contributed by atoms with van der Waals surface area (Å²) < 4.78 is 6.20. The van der Waals surface area contributed by atoms with Crippen LogP contribution in [0, 0.1) is 5.92 Å². The van der Waals surface area contributed by atoms with E-state index in [1.54, 1.807) is 7.11 Å². The summed E-state index contributed by atoms with van der Waals surface area (Å²) in [6.07, 6.45) is 1.05. The van der Waals surface area contributed by atoms with Gasteiger partial charge in [0.25, 0.3) is 0 Å². The Morgan fingerprint density at radius 1 is 1.26 bits per heavy atom. The molecule has 19 heavy (non-hydrogen) atoms. The number of hydrogen-bond donors (Lipinski definition) is 0. The molecule has 0 bridgehead atoms. The molecule has 0 saturated heterocycles. The van der Waals surface area contributed by atoms with Crippen LogP contribution in [0.2, 0.25) is 0 Å². The first-order chi connectivity index (χ1) is 8.69. The van der Waals surface area contributed by atoms with Crippen LogP contribution < -0.4 is 9.64 Å². The second-order valence-corrected chi connectivity index (χ2v) is 6.86. The normalized spacial score (nSPS) is 11.8. The number of rotatable bonds is 5.